The van der Waals surface area contributed by atoms with Gasteiger partial charge in [0, 0.05) is 12.3 Å². The van der Waals surface area contributed by atoms with E-state index < -0.39 is 15.8 Å². The van der Waals surface area contributed by atoms with Gasteiger partial charge in [0.25, 0.3) is 0 Å². The van der Waals surface area contributed by atoms with Crippen LogP contribution in [0.3, 0.4) is 0 Å². The van der Waals surface area contributed by atoms with Crippen LogP contribution in [0.5, 0.6) is 0 Å². The first kappa shape index (κ1) is 35.6. The largest absolute Gasteiger partial charge is 0.392 e. The van der Waals surface area contributed by atoms with Crippen LogP contribution in [0.25, 0.3) is 33.4 Å². The Hall–Kier alpha value is -5.42. The first-order valence-electron chi connectivity index (χ1n) is 18.5. The Morgan fingerprint density at radius 1 is 0.278 bits per heavy atom. The lowest BCUT2D eigenvalue weighted by Gasteiger charge is -2.31. The number of aliphatic hydroxyl groups is 1. The Balaban J connectivity index is 1.51. The van der Waals surface area contributed by atoms with Crippen LogP contribution in [0.4, 0.5) is 0 Å². The van der Waals surface area contributed by atoms with Crippen molar-refractivity contribution >= 4 is 37.1 Å². The Bertz CT molecular complexity index is 2160. The quantitative estimate of drug-likeness (QED) is 0.124. The summed E-state index contributed by atoms with van der Waals surface area (Å²) in [6.07, 6.45) is 1.64. The van der Waals surface area contributed by atoms with Crippen LogP contribution in [0.15, 0.2) is 212 Å². The zero-order valence-corrected chi connectivity index (χ0v) is 32.0. The third-order valence-corrected chi connectivity index (χ3v) is 15.0. The molecule has 54 heavy (non-hydrogen) atoms. The lowest BCUT2D eigenvalue weighted by atomic mass is 9.80. The maximum Gasteiger partial charge on any atom is 0.0694 e. The van der Waals surface area contributed by atoms with Crippen molar-refractivity contribution in [2.45, 2.75) is 18.9 Å². The highest BCUT2D eigenvalue weighted by Gasteiger charge is 2.30. The lowest BCUT2D eigenvalue weighted by molar-refractivity contribution is 0.283. The summed E-state index contributed by atoms with van der Waals surface area (Å²) >= 11 is 0. The highest BCUT2D eigenvalue weighted by Crippen LogP contribution is 2.53. The van der Waals surface area contributed by atoms with E-state index in [9.17, 15) is 5.11 Å². The topological polar surface area (TPSA) is 20.2 Å². The van der Waals surface area contributed by atoms with Crippen molar-refractivity contribution in [3.05, 3.63) is 229 Å². The summed E-state index contributed by atoms with van der Waals surface area (Å²) in [6, 6.07) is 76.7. The second-order valence-corrected chi connectivity index (χ2v) is 17.7. The van der Waals surface area contributed by atoms with Gasteiger partial charge in [0.1, 0.15) is 0 Å². The first-order chi connectivity index (χ1) is 26.8. The number of hydrogen-bond donors (Lipinski definition) is 1. The number of benzene rings is 8. The van der Waals surface area contributed by atoms with Gasteiger partial charge in [-0.05, 0) is 87.1 Å². The fourth-order valence-corrected chi connectivity index (χ4v) is 12.4. The van der Waals surface area contributed by atoms with Crippen LogP contribution in [0.2, 0.25) is 0 Å². The van der Waals surface area contributed by atoms with E-state index in [1.807, 2.05) is 0 Å². The normalized spacial score (nSPS) is 11.2. The number of aliphatic hydroxyl groups excluding tert-OH is 1. The number of hydrogen-bond acceptors (Lipinski definition) is 1. The molecular formula is C51H42OP2. The maximum absolute atomic E-state index is 11.8. The Kier molecular flexibility index (Phi) is 11.3. The molecule has 8 aromatic rings. The summed E-state index contributed by atoms with van der Waals surface area (Å²) in [5.74, 6) is 0. The standard InChI is InChI=1S/C51H42OP2/c52-36-46-49(39-22-8-1-9-23-39)47(37-53(42-28-14-4-15-29-42)43-30-16-5-17-31-43)51(41-26-12-3-13-27-41)48(50(46)40-24-10-2-11-25-40)38-54(44-32-18-6-19-33-44)45-34-20-7-21-35-45/h1-35,52H,36-38H2. The molecule has 0 amide bonds. The fourth-order valence-electron chi connectivity index (χ4n) is 7.67. The van der Waals surface area contributed by atoms with Gasteiger partial charge in [0.05, 0.1) is 6.61 Å². The lowest BCUT2D eigenvalue weighted by Crippen LogP contribution is -2.17. The monoisotopic (exact) mass is 732 g/mol. The molecule has 0 aliphatic heterocycles. The molecule has 8 rings (SSSR count). The van der Waals surface area contributed by atoms with E-state index in [4.69, 9.17) is 0 Å². The van der Waals surface area contributed by atoms with Crippen molar-refractivity contribution in [3.8, 4) is 33.4 Å². The van der Waals surface area contributed by atoms with Crippen molar-refractivity contribution in [1.29, 1.82) is 0 Å². The van der Waals surface area contributed by atoms with Crippen molar-refractivity contribution < 1.29 is 5.11 Å². The van der Waals surface area contributed by atoms with Crippen molar-refractivity contribution in [1.82, 2.24) is 0 Å². The Morgan fingerprint density at radius 2 is 0.500 bits per heavy atom. The minimum absolute atomic E-state index is 0.0767. The predicted molar refractivity (Wildman–Crippen MR) is 234 cm³/mol. The molecule has 0 radical (unpaired) electrons. The summed E-state index contributed by atoms with van der Waals surface area (Å²) < 4.78 is 0. The van der Waals surface area contributed by atoms with Gasteiger partial charge in [0.2, 0.25) is 0 Å². The van der Waals surface area contributed by atoms with Gasteiger partial charge in [-0.25, -0.2) is 0 Å². The second-order valence-electron chi connectivity index (χ2n) is 13.3. The Morgan fingerprint density at radius 3 is 0.741 bits per heavy atom. The summed E-state index contributed by atoms with van der Waals surface area (Å²) in [6.45, 7) is -0.0767. The average molecular weight is 733 g/mol. The van der Waals surface area contributed by atoms with E-state index in [1.54, 1.807) is 0 Å². The average Bonchev–Trinajstić information content (AvgIpc) is 3.26. The molecule has 0 heterocycles. The van der Waals surface area contributed by atoms with Crippen molar-refractivity contribution in [2.75, 3.05) is 0 Å². The molecule has 3 heteroatoms. The summed E-state index contributed by atoms with van der Waals surface area (Å²) in [5, 5.41) is 17.1. The molecule has 0 unspecified atom stereocenters. The molecular weight excluding hydrogens is 691 g/mol. The van der Waals surface area contributed by atoms with Crippen LogP contribution in [-0.2, 0) is 18.9 Å². The molecule has 0 aliphatic rings. The zero-order valence-electron chi connectivity index (χ0n) is 30.2. The van der Waals surface area contributed by atoms with Crippen LogP contribution < -0.4 is 21.2 Å². The smallest absolute Gasteiger partial charge is 0.0694 e. The molecule has 0 spiro atoms. The molecule has 0 aliphatic carbocycles. The van der Waals surface area contributed by atoms with Crippen molar-refractivity contribution in [3.63, 3.8) is 0 Å². The van der Waals surface area contributed by atoms with Gasteiger partial charge in [-0.2, -0.15) is 0 Å². The maximum atomic E-state index is 11.8. The summed E-state index contributed by atoms with van der Waals surface area (Å²) in [4.78, 5) is 0. The van der Waals surface area contributed by atoms with Crippen molar-refractivity contribution in [2.24, 2.45) is 0 Å². The predicted octanol–water partition coefficient (Wildman–Crippen LogP) is 11.4. The minimum atomic E-state index is -0.818. The van der Waals surface area contributed by atoms with Crippen LogP contribution in [0, 0.1) is 0 Å². The summed E-state index contributed by atoms with van der Waals surface area (Å²) in [5.41, 5.74) is 10.6. The van der Waals surface area contributed by atoms with Crippen LogP contribution in [-0.4, -0.2) is 5.11 Å². The van der Waals surface area contributed by atoms with Gasteiger partial charge in [-0.3, -0.25) is 0 Å². The molecule has 0 saturated carbocycles. The third kappa shape index (κ3) is 7.64. The van der Waals surface area contributed by atoms with E-state index in [0.29, 0.717) is 0 Å². The number of rotatable bonds is 12. The highest BCUT2D eigenvalue weighted by molar-refractivity contribution is 7.72. The molecule has 262 valence electrons. The van der Waals surface area contributed by atoms with E-state index >= 15 is 0 Å². The molecule has 8 aromatic carbocycles. The molecule has 1 N–H and O–H groups in total. The fraction of sp³-hybridized carbons (Fsp3) is 0.0588. The van der Waals surface area contributed by atoms with Gasteiger partial charge in [-0.15, -0.1) is 0 Å². The SMILES string of the molecule is OCc1c(-c2ccccc2)c(CP(c2ccccc2)c2ccccc2)c(-c2ccccc2)c(CP(c2ccccc2)c2ccccc2)c1-c1ccccc1. The summed E-state index contributed by atoms with van der Waals surface area (Å²) in [7, 11) is -1.64. The molecule has 0 fully saturated rings. The zero-order chi connectivity index (χ0) is 36.5. The van der Waals surface area contributed by atoms with Crippen LogP contribution >= 0.6 is 15.8 Å². The van der Waals surface area contributed by atoms with E-state index in [1.165, 1.54) is 43.5 Å². The molecule has 0 bridgehead atoms. The molecule has 1 nitrogen and oxygen atoms in total. The van der Waals surface area contributed by atoms with E-state index in [2.05, 4.69) is 212 Å². The molecule has 0 atom stereocenters. The van der Waals surface area contributed by atoms with E-state index in [-0.39, 0.29) is 6.61 Å². The second kappa shape index (κ2) is 17.2. The highest BCUT2D eigenvalue weighted by atomic mass is 31.1. The molecule has 0 saturated heterocycles. The Labute approximate surface area is 322 Å². The van der Waals surface area contributed by atoms with Crippen LogP contribution in [0.1, 0.15) is 16.7 Å². The van der Waals surface area contributed by atoms with Gasteiger partial charge in [0.15, 0.2) is 0 Å². The third-order valence-electron chi connectivity index (χ3n) is 10.1. The van der Waals surface area contributed by atoms with Gasteiger partial charge in [-0.1, -0.05) is 212 Å². The molecule has 0 aromatic heterocycles. The first-order valence-corrected chi connectivity index (χ1v) is 21.6. The van der Waals surface area contributed by atoms with Gasteiger partial charge >= 0.3 is 0 Å². The minimum Gasteiger partial charge on any atom is -0.392 e. The van der Waals surface area contributed by atoms with Gasteiger partial charge < -0.3 is 5.11 Å². The van der Waals surface area contributed by atoms with E-state index in [0.717, 1.165) is 40.1 Å².